The Kier molecular flexibility index (Phi) is 11.7. The fraction of sp³-hybridized carbons (Fsp3) is 0.267. The van der Waals surface area contributed by atoms with Crippen molar-refractivity contribution in [2.75, 3.05) is 13.1 Å². The summed E-state index contributed by atoms with van der Waals surface area (Å²) in [7, 11) is 0. The van der Waals surface area contributed by atoms with Gasteiger partial charge < -0.3 is 30.2 Å². The zero-order valence-electron chi connectivity index (χ0n) is 22.9. The second kappa shape index (κ2) is 15.6. The molecule has 3 aliphatic rings. The molecule has 0 aliphatic carbocycles. The quantitative estimate of drug-likeness (QED) is 0.239. The predicted octanol–water partition coefficient (Wildman–Crippen LogP) is 2.69. The SMILES string of the molecule is O=C(N[C@@H]1C2CCN(CC2)[C@H]1Cc1cccnc1)c1cc2ccccc2o1.O=C(O)/C=C\C(=O)O.O=C(O)/C=C\C(=O)O. The van der Waals surface area contributed by atoms with E-state index >= 15 is 0 Å². The Bertz CT molecular complexity index is 1390. The lowest BCUT2D eigenvalue weighted by molar-refractivity contribution is -0.134. The molecule has 2 atom stereocenters. The van der Waals surface area contributed by atoms with Crippen molar-refractivity contribution in [3.63, 3.8) is 0 Å². The van der Waals surface area contributed by atoms with Crippen LogP contribution in [0.15, 0.2) is 83.6 Å². The molecule has 3 aliphatic heterocycles. The molecule has 0 spiro atoms. The van der Waals surface area contributed by atoms with E-state index in [9.17, 15) is 24.0 Å². The van der Waals surface area contributed by atoms with E-state index in [0.717, 1.165) is 43.3 Å². The standard InChI is InChI=1S/C22H23N3O2.2C4H4O4/c26-22(20-13-17-5-1-2-6-19(17)27-20)24-21-16-7-10-25(11-8-16)18(21)12-15-4-3-9-23-14-15;2*5-3(6)1-2-4(7)8/h1-6,9,13-14,16,18,21H,7-8,10-12H2,(H,24,26);2*1-2H,(H,5,6)(H,7,8)/b;2*2-1-/t18-,21+;;/m0../s1. The van der Waals surface area contributed by atoms with Crippen molar-refractivity contribution in [3.05, 3.63) is 90.5 Å². The number of carbonyl (C=O) groups excluding carboxylic acids is 1. The van der Waals surface area contributed by atoms with Crippen LogP contribution < -0.4 is 5.32 Å². The van der Waals surface area contributed by atoms with Crippen molar-refractivity contribution in [2.24, 2.45) is 5.92 Å². The van der Waals surface area contributed by atoms with Gasteiger partial charge in [-0.2, -0.15) is 0 Å². The predicted molar refractivity (Wildman–Crippen MR) is 152 cm³/mol. The molecule has 3 fully saturated rings. The molecule has 1 aromatic carbocycles. The van der Waals surface area contributed by atoms with Gasteiger partial charge in [0.1, 0.15) is 5.58 Å². The highest BCUT2D eigenvalue weighted by Gasteiger charge is 2.43. The second-order valence-corrected chi connectivity index (χ2v) is 9.67. The fourth-order valence-corrected chi connectivity index (χ4v) is 4.98. The number of carbonyl (C=O) groups is 5. The minimum Gasteiger partial charge on any atom is -0.478 e. The molecule has 226 valence electrons. The largest absolute Gasteiger partial charge is 0.478 e. The number of piperidine rings is 3. The monoisotopic (exact) mass is 593 g/mol. The van der Waals surface area contributed by atoms with Crippen LogP contribution in [0.3, 0.4) is 0 Å². The number of carboxylic acids is 4. The summed E-state index contributed by atoms with van der Waals surface area (Å²) in [6.07, 6.45) is 9.17. The number of pyridine rings is 1. The van der Waals surface area contributed by atoms with Crippen LogP contribution in [0.5, 0.6) is 0 Å². The van der Waals surface area contributed by atoms with Crippen molar-refractivity contribution in [1.82, 2.24) is 15.2 Å². The van der Waals surface area contributed by atoms with Crippen LogP contribution in [0.25, 0.3) is 11.0 Å². The van der Waals surface area contributed by atoms with Gasteiger partial charge in [-0.15, -0.1) is 0 Å². The van der Waals surface area contributed by atoms with Crippen LogP contribution >= 0.6 is 0 Å². The minimum atomic E-state index is -1.26. The number of amides is 1. The summed E-state index contributed by atoms with van der Waals surface area (Å²) >= 11 is 0. The molecule has 1 amide bonds. The molecule has 5 heterocycles. The average molecular weight is 594 g/mol. The summed E-state index contributed by atoms with van der Waals surface area (Å²) in [5.41, 5.74) is 1.97. The lowest BCUT2D eigenvalue weighted by Gasteiger charge is -2.51. The van der Waals surface area contributed by atoms with E-state index in [2.05, 4.69) is 21.3 Å². The number of para-hydroxylation sites is 1. The van der Waals surface area contributed by atoms with E-state index in [4.69, 9.17) is 24.8 Å². The number of rotatable bonds is 8. The van der Waals surface area contributed by atoms with Crippen LogP contribution in [0.1, 0.15) is 29.0 Å². The minimum absolute atomic E-state index is 0.110. The number of aromatic nitrogens is 1. The molecule has 0 radical (unpaired) electrons. The van der Waals surface area contributed by atoms with E-state index in [1.165, 1.54) is 5.56 Å². The Labute approximate surface area is 245 Å². The van der Waals surface area contributed by atoms with E-state index < -0.39 is 23.9 Å². The Morgan fingerprint density at radius 3 is 1.95 bits per heavy atom. The molecule has 2 aromatic heterocycles. The zero-order valence-corrected chi connectivity index (χ0v) is 22.9. The maximum Gasteiger partial charge on any atom is 0.328 e. The number of nitrogens with zero attached hydrogens (tertiary/aromatic N) is 2. The maximum absolute atomic E-state index is 12.9. The molecule has 13 heteroatoms. The molecule has 3 aromatic rings. The summed E-state index contributed by atoms with van der Waals surface area (Å²) in [6, 6.07) is 14.1. The van der Waals surface area contributed by atoms with Crippen LogP contribution in [-0.2, 0) is 25.6 Å². The Hall–Kier alpha value is -5.30. The zero-order chi connectivity index (χ0) is 31.4. The summed E-state index contributed by atoms with van der Waals surface area (Å²) in [5, 5.41) is 35.5. The number of benzene rings is 1. The van der Waals surface area contributed by atoms with Gasteiger partial charge in [0, 0.05) is 54.2 Å². The number of nitrogens with one attached hydrogen (secondary N) is 1. The first-order chi connectivity index (χ1) is 20.5. The third-order valence-corrected chi connectivity index (χ3v) is 6.82. The highest BCUT2D eigenvalue weighted by atomic mass is 16.4. The van der Waals surface area contributed by atoms with Crippen molar-refractivity contribution in [2.45, 2.75) is 31.3 Å². The highest BCUT2D eigenvalue weighted by molar-refractivity contribution is 5.96. The normalized spacial score (nSPS) is 20.5. The third-order valence-electron chi connectivity index (χ3n) is 6.82. The molecule has 0 saturated carbocycles. The van der Waals surface area contributed by atoms with Gasteiger partial charge in [0.2, 0.25) is 0 Å². The Morgan fingerprint density at radius 2 is 1.44 bits per heavy atom. The number of hydrogen-bond donors (Lipinski definition) is 5. The topological polar surface area (TPSA) is 208 Å². The third kappa shape index (κ3) is 10.2. The first kappa shape index (κ1) is 32.2. The molecular weight excluding hydrogens is 562 g/mol. The van der Waals surface area contributed by atoms with Gasteiger partial charge in [-0.25, -0.2) is 19.2 Å². The summed E-state index contributed by atoms with van der Waals surface area (Å²) in [5.74, 6) is -4.21. The van der Waals surface area contributed by atoms with Crippen molar-refractivity contribution >= 4 is 40.8 Å². The summed E-state index contributed by atoms with van der Waals surface area (Å²) < 4.78 is 5.77. The summed E-state index contributed by atoms with van der Waals surface area (Å²) in [6.45, 7) is 2.24. The van der Waals surface area contributed by atoms with Gasteiger partial charge in [0.15, 0.2) is 5.76 Å². The molecule has 0 unspecified atom stereocenters. The number of fused-ring (bicyclic) bond motifs is 4. The van der Waals surface area contributed by atoms with Crippen LogP contribution in [0.4, 0.5) is 0 Å². The molecular formula is C30H31N3O10. The Morgan fingerprint density at radius 1 is 0.860 bits per heavy atom. The smallest absolute Gasteiger partial charge is 0.328 e. The number of aliphatic carboxylic acids is 4. The maximum atomic E-state index is 12.9. The molecule has 3 saturated heterocycles. The molecule has 43 heavy (non-hydrogen) atoms. The van der Waals surface area contributed by atoms with Gasteiger partial charge >= 0.3 is 23.9 Å². The molecule has 6 rings (SSSR count). The molecule has 5 N–H and O–H groups in total. The van der Waals surface area contributed by atoms with Gasteiger partial charge in [-0.1, -0.05) is 24.3 Å². The second-order valence-electron chi connectivity index (χ2n) is 9.67. The highest BCUT2D eigenvalue weighted by Crippen LogP contribution is 2.34. The van der Waals surface area contributed by atoms with Crippen molar-refractivity contribution in [1.29, 1.82) is 0 Å². The van der Waals surface area contributed by atoms with Gasteiger partial charge in [-0.3, -0.25) is 14.7 Å². The summed E-state index contributed by atoms with van der Waals surface area (Å²) in [4.78, 5) is 57.9. The first-order valence-corrected chi connectivity index (χ1v) is 13.2. The Balaban J connectivity index is 0.000000263. The fourth-order valence-electron chi connectivity index (χ4n) is 4.98. The lowest BCUT2D eigenvalue weighted by Crippen LogP contribution is -2.64. The number of furan rings is 1. The molecule has 13 nitrogen and oxygen atoms in total. The van der Waals surface area contributed by atoms with Crippen molar-refractivity contribution < 1.29 is 48.8 Å². The lowest BCUT2D eigenvalue weighted by atomic mass is 9.76. The van der Waals surface area contributed by atoms with E-state index in [1.807, 2.05) is 42.6 Å². The van der Waals surface area contributed by atoms with Gasteiger partial charge in [0.25, 0.3) is 5.91 Å². The van der Waals surface area contributed by atoms with Crippen LogP contribution in [-0.4, -0.2) is 85.3 Å². The van der Waals surface area contributed by atoms with Crippen LogP contribution in [0.2, 0.25) is 0 Å². The van der Waals surface area contributed by atoms with Gasteiger partial charge in [0.05, 0.1) is 0 Å². The van der Waals surface area contributed by atoms with Crippen molar-refractivity contribution in [3.8, 4) is 0 Å². The first-order valence-electron chi connectivity index (χ1n) is 13.2. The number of carboxylic acid groups (broad SMARTS) is 4. The molecule has 2 bridgehead atoms. The average Bonchev–Trinajstić information content (AvgIpc) is 3.43. The van der Waals surface area contributed by atoms with Crippen LogP contribution in [0, 0.1) is 5.92 Å². The number of hydrogen-bond acceptors (Lipinski definition) is 8. The van der Waals surface area contributed by atoms with Gasteiger partial charge in [-0.05, 0) is 62.0 Å². The van der Waals surface area contributed by atoms with E-state index in [1.54, 1.807) is 6.20 Å². The van der Waals surface area contributed by atoms with E-state index in [0.29, 0.717) is 42.0 Å². The van der Waals surface area contributed by atoms with E-state index in [-0.39, 0.29) is 11.9 Å².